The molecule has 0 bridgehead atoms. The van der Waals surface area contributed by atoms with Crippen LogP contribution in [-0.2, 0) is 10.8 Å². The van der Waals surface area contributed by atoms with Crippen molar-refractivity contribution in [1.29, 1.82) is 0 Å². The summed E-state index contributed by atoms with van der Waals surface area (Å²) in [6.45, 7) is 13.3. The third-order valence-electron chi connectivity index (χ3n) is 9.53. The van der Waals surface area contributed by atoms with Crippen LogP contribution >= 0.6 is 7.92 Å². The summed E-state index contributed by atoms with van der Waals surface area (Å²) in [5.74, 6) is 0. The summed E-state index contributed by atoms with van der Waals surface area (Å²) in [7, 11) is -0.950. The standard InChI is InChI=1S/C47H45N2OP/c1-46(2,3)34-29-35(47(4,5)6)31-36(30-34)48-45(50)49-41-27-25-32-17-13-15-23-39(32)43(41)44-40-24-16-14-18-33(40)26-28-42(44)51(37-19-9-7-10-20-37)38-21-11-8-12-22-38/h7-31H,1-6H3,(H2,48,49,50). The van der Waals surface area contributed by atoms with Crippen LogP contribution in [0.5, 0.6) is 0 Å². The Hall–Kier alpha value is -5.24. The number of hydrogen-bond acceptors (Lipinski definition) is 1. The van der Waals surface area contributed by atoms with Crippen LogP contribution in [0.2, 0.25) is 0 Å². The lowest BCUT2D eigenvalue weighted by Crippen LogP contribution is -2.24. The smallest absolute Gasteiger partial charge is 0.308 e. The summed E-state index contributed by atoms with van der Waals surface area (Å²) in [4.78, 5) is 14.1. The molecule has 4 heteroatoms. The zero-order chi connectivity index (χ0) is 35.8. The number of carbonyl (C=O) groups excluding carboxylic acids is 1. The van der Waals surface area contributed by atoms with Crippen molar-refractivity contribution < 1.29 is 4.79 Å². The Bertz CT molecular complexity index is 2280. The molecule has 51 heavy (non-hydrogen) atoms. The fourth-order valence-corrected chi connectivity index (χ4v) is 9.26. The van der Waals surface area contributed by atoms with E-state index < -0.39 is 7.92 Å². The first-order valence-electron chi connectivity index (χ1n) is 17.7. The Kier molecular flexibility index (Phi) is 9.27. The summed E-state index contributed by atoms with van der Waals surface area (Å²) in [5.41, 5.74) is 5.95. The highest BCUT2D eigenvalue weighted by atomic mass is 31.1. The molecule has 0 fully saturated rings. The minimum atomic E-state index is -0.950. The lowest BCUT2D eigenvalue weighted by Gasteiger charge is -2.27. The van der Waals surface area contributed by atoms with Crippen LogP contribution in [0.15, 0.2) is 152 Å². The van der Waals surface area contributed by atoms with Crippen molar-refractivity contribution in [3.8, 4) is 11.1 Å². The van der Waals surface area contributed by atoms with Crippen molar-refractivity contribution in [3.63, 3.8) is 0 Å². The van der Waals surface area contributed by atoms with E-state index in [2.05, 4.69) is 204 Å². The molecular formula is C47H45N2OP. The number of anilines is 2. The average Bonchev–Trinajstić information content (AvgIpc) is 3.12. The molecule has 0 unspecified atom stereocenters. The number of nitrogens with one attached hydrogen (secondary N) is 2. The third kappa shape index (κ3) is 7.18. The zero-order valence-electron chi connectivity index (χ0n) is 30.3. The molecule has 0 atom stereocenters. The molecule has 254 valence electrons. The molecule has 0 aliphatic heterocycles. The van der Waals surface area contributed by atoms with Crippen LogP contribution in [0.3, 0.4) is 0 Å². The summed E-state index contributed by atoms with van der Waals surface area (Å²) >= 11 is 0. The van der Waals surface area contributed by atoms with Crippen molar-refractivity contribution >= 4 is 62.8 Å². The fourth-order valence-electron chi connectivity index (χ4n) is 6.79. The van der Waals surface area contributed by atoms with E-state index in [1.807, 2.05) is 0 Å². The number of benzene rings is 7. The second-order valence-electron chi connectivity index (χ2n) is 15.3. The molecule has 0 heterocycles. The van der Waals surface area contributed by atoms with Crippen LogP contribution in [-0.4, -0.2) is 6.03 Å². The van der Waals surface area contributed by atoms with Crippen molar-refractivity contribution in [1.82, 2.24) is 0 Å². The van der Waals surface area contributed by atoms with Gasteiger partial charge in [-0.15, -0.1) is 0 Å². The van der Waals surface area contributed by atoms with Crippen LogP contribution in [0.4, 0.5) is 16.2 Å². The molecule has 0 aromatic heterocycles. The van der Waals surface area contributed by atoms with Gasteiger partial charge in [0.05, 0.1) is 5.69 Å². The molecule has 0 radical (unpaired) electrons. The highest BCUT2D eigenvalue weighted by Gasteiger charge is 2.26. The average molecular weight is 685 g/mol. The van der Waals surface area contributed by atoms with E-state index in [0.717, 1.165) is 44.0 Å². The first-order chi connectivity index (χ1) is 24.5. The molecule has 0 aliphatic rings. The van der Waals surface area contributed by atoms with Gasteiger partial charge in [-0.1, -0.05) is 175 Å². The summed E-state index contributed by atoms with van der Waals surface area (Å²) in [6.07, 6.45) is 0. The maximum Gasteiger partial charge on any atom is 0.323 e. The second kappa shape index (κ2) is 13.8. The Labute approximate surface area is 303 Å². The minimum absolute atomic E-state index is 0.0691. The van der Waals surface area contributed by atoms with E-state index in [1.165, 1.54) is 27.0 Å². The first-order valence-corrected chi connectivity index (χ1v) is 19.0. The number of fused-ring (bicyclic) bond motifs is 2. The summed E-state index contributed by atoms with van der Waals surface area (Å²) in [6, 6.07) is 53.6. The Morgan fingerprint density at radius 2 is 0.961 bits per heavy atom. The highest BCUT2D eigenvalue weighted by molar-refractivity contribution is 7.80. The quantitative estimate of drug-likeness (QED) is 0.168. The molecule has 2 N–H and O–H groups in total. The Balaban J connectivity index is 1.43. The molecule has 7 aromatic carbocycles. The van der Waals surface area contributed by atoms with E-state index in [4.69, 9.17) is 0 Å². The first kappa shape index (κ1) is 34.2. The van der Waals surface area contributed by atoms with Crippen LogP contribution in [0, 0.1) is 0 Å². The SMILES string of the molecule is CC(C)(C)c1cc(NC(=O)Nc2ccc3ccccc3c2-c2c(P(c3ccccc3)c3ccccc3)ccc3ccccc23)cc(C(C)(C)C)c1. The lowest BCUT2D eigenvalue weighted by molar-refractivity contribution is 0.262. The summed E-state index contributed by atoms with van der Waals surface area (Å²) in [5, 5.41) is 14.9. The van der Waals surface area contributed by atoms with Crippen molar-refractivity contribution in [2.75, 3.05) is 10.6 Å². The molecule has 2 amide bonds. The van der Waals surface area contributed by atoms with E-state index in [1.54, 1.807) is 0 Å². The minimum Gasteiger partial charge on any atom is -0.308 e. The zero-order valence-corrected chi connectivity index (χ0v) is 31.2. The van der Waals surface area contributed by atoms with Crippen molar-refractivity contribution in [3.05, 3.63) is 163 Å². The van der Waals surface area contributed by atoms with Crippen LogP contribution < -0.4 is 26.5 Å². The van der Waals surface area contributed by atoms with Gasteiger partial charge in [-0.25, -0.2) is 4.79 Å². The molecule has 0 saturated heterocycles. The van der Waals surface area contributed by atoms with E-state index >= 15 is 0 Å². The second-order valence-corrected chi connectivity index (χ2v) is 17.5. The Morgan fingerprint density at radius 1 is 0.490 bits per heavy atom. The van der Waals surface area contributed by atoms with E-state index in [9.17, 15) is 4.79 Å². The fraction of sp³-hybridized carbons (Fsp3) is 0.170. The number of carbonyl (C=O) groups is 1. The van der Waals surface area contributed by atoms with Gasteiger partial charge in [-0.3, -0.25) is 0 Å². The van der Waals surface area contributed by atoms with E-state index in [0.29, 0.717) is 0 Å². The maximum atomic E-state index is 14.1. The largest absolute Gasteiger partial charge is 0.323 e. The molecule has 0 aliphatic carbocycles. The van der Waals surface area contributed by atoms with Gasteiger partial charge in [-0.05, 0) is 85.5 Å². The molecule has 0 saturated carbocycles. The van der Waals surface area contributed by atoms with Crippen molar-refractivity contribution in [2.45, 2.75) is 52.4 Å². The maximum absolute atomic E-state index is 14.1. The predicted octanol–water partition coefficient (Wildman–Crippen LogP) is 11.7. The molecular weight excluding hydrogens is 640 g/mol. The summed E-state index contributed by atoms with van der Waals surface area (Å²) < 4.78 is 0. The molecule has 3 nitrogen and oxygen atoms in total. The molecule has 0 spiro atoms. The van der Waals surface area contributed by atoms with Gasteiger partial charge in [0.1, 0.15) is 0 Å². The molecule has 7 rings (SSSR count). The molecule has 7 aromatic rings. The van der Waals surface area contributed by atoms with Gasteiger partial charge in [-0.2, -0.15) is 0 Å². The van der Waals surface area contributed by atoms with Crippen LogP contribution in [0.1, 0.15) is 52.7 Å². The Morgan fingerprint density at radius 3 is 1.49 bits per heavy atom. The number of hydrogen-bond donors (Lipinski definition) is 2. The van der Waals surface area contributed by atoms with Gasteiger partial charge in [0.15, 0.2) is 0 Å². The predicted molar refractivity (Wildman–Crippen MR) is 222 cm³/mol. The van der Waals surface area contributed by atoms with Gasteiger partial charge in [0.2, 0.25) is 0 Å². The van der Waals surface area contributed by atoms with E-state index in [-0.39, 0.29) is 16.9 Å². The number of rotatable bonds is 6. The monoisotopic (exact) mass is 684 g/mol. The van der Waals surface area contributed by atoms with Gasteiger partial charge in [0.25, 0.3) is 0 Å². The van der Waals surface area contributed by atoms with Gasteiger partial charge >= 0.3 is 6.03 Å². The highest BCUT2D eigenvalue weighted by Crippen LogP contribution is 2.45. The number of urea groups is 1. The normalized spacial score (nSPS) is 12.0. The topological polar surface area (TPSA) is 41.1 Å². The third-order valence-corrected chi connectivity index (χ3v) is 12.0. The van der Waals surface area contributed by atoms with Gasteiger partial charge < -0.3 is 10.6 Å². The number of amides is 2. The van der Waals surface area contributed by atoms with Crippen LogP contribution in [0.25, 0.3) is 32.7 Å². The van der Waals surface area contributed by atoms with Crippen molar-refractivity contribution in [2.24, 2.45) is 0 Å². The lowest BCUT2D eigenvalue weighted by atomic mass is 9.80. The van der Waals surface area contributed by atoms with Gasteiger partial charge in [0, 0.05) is 16.8 Å².